The van der Waals surface area contributed by atoms with Gasteiger partial charge in [0.15, 0.2) is 0 Å². The van der Waals surface area contributed by atoms with Crippen LogP contribution in [0, 0.1) is 10.8 Å². The number of carboxylic acid groups (broad SMARTS) is 1. The molecule has 0 heterocycles. The van der Waals surface area contributed by atoms with E-state index in [4.69, 9.17) is 4.74 Å². The van der Waals surface area contributed by atoms with Gasteiger partial charge in [0.2, 0.25) is 0 Å². The number of esters is 1. The highest BCUT2D eigenvalue weighted by Gasteiger charge is 2.23. The van der Waals surface area contributed by atoms with Gasteiger partial charge in [0.05, 0.1) is 26.6 Å². The van der Waals surface area contributed by atoms with Gasteiger partial charge in [-0.1, -0.05) is 20.8 Å². The number of nitrogens with zero attached hydrogens (tertiary/aromatic N) is 1. The molecule has 0 aliphatic heterocycles. The standard InChI is InChI=1S/C10H22NO2.C5H10O2/c1-10(2,3)9(12)13-8-7-11(4,5)6;1-5(2,3)4(6)7/h7-8H2,1-6H3;1-3H3,(H,6,7)/q+1;/p-1. The average Bonchev–Trinajstić information content (AvgIpc) is 2.13. The topological polar surface area (TPSA) is 66.4 Å². The van der Waals surface area contributed by atoms with Crippen LogP contribution < -0.4 is 5.11 Å². The monoisotopic (exact) mass is 289 g/mol. The molecule has 0 aliphatic carbocycles. The molecule has 0 unspecified atom stereocenters. The van der Waals surface area contributed by atoms with E-state index < -0.39 is 11.4 Å². The minimum Gasteiger partial charge on any atom is -0.550 e. The zero-order valence-corrected chi connectivity index (χ0v) is 14.5. The number of likely N-dealkylation sites (N-methyl/N-ethyl adjacent to an activating group) is 1. The van der Waals surface area contributed by atoms with Crippen molar-refractivity contribution in [2.45, 2.75) is 41.5 Å². The predicted octanol–water partition coefficient (Wildman–Crippen LogP) is 1.06. The summed E-state index contributed by atoms with van der Waals surface area (Å²) in [6.45, 7) is 11.7. The van der Waals surface area contributed by atoms with E-state index in [1.165, 1.54) is 0 Å². The minimum atomic E-state index is -1.01. The molecule has 0 saturated heterocycles. The minimum absolute atomic E-state index is 0.124. The molecule has 0 fully saturated rings. The van der Waals surface area contributed by atoms with E-state index in [-0.39, 0.29) is 11.4 Å². The number of carbonyl (C=O) groups excluding carboxylic acids is 2. The Hall–Kier alpha value is -1.10. The lowest BCUT2D eigenvalue weighted by Crippen LogP contribution is -2.38. The van der Waals surface area contributed by atoms with Crippen LogP contribution in [0.5, 0.6) is 0 Å². The number of quaternary nitrogens is 1. The molecule has 0 bridgehead atoms. The highest BCUT2D eigenvalue weighted by molar-refractivity contribution is 5.75. The second-order valence-electron chi connectivity index (χ2n) is 7.94. The molecule has 5 heteroatoms. The van der Waals surface area contributed by atoms with Crippen LogP contribution in [-0.2, 0) is 14.3 Å². The lowest BCUT2D eigenvalue weighted by atomic mass is 9.97. The van der Waals surface area contributed by atoms with E-state index in [9.17, 15) is 14.7 Å². The first-order chi connectivity index (χ1) is 8.57. The quantitative estimate of drug-likeness (QED) is 0.575. The maximum absolute atomic E-state index is 11.3. The number of carbonyl (C=O) groups is 2. The fourth-order valence-electron chi connectivity index (χ4n) is 0.629. The first-order valence-electron chi connectivity index (χ1n) is 6.76. The summed E-state index contributed by atoms with van der Waals surface area (Å²) in [6.07, 6.45) is 0. The normalized spacial score (nSPS) is 12.2. The second-order valence-corrected chi connectivity index (χ2v) is 7.94. The molecule has 120 valence electrons. The van der Waals surface area contributed by atoms with E-state index in [0.717, 1.165) is 11.0 Å². The van der Waals surface area contributed by atoms with Gasteiger partial charge in [-0.2, -0.15) is 0 Å². The molecule has 0 radical (unpaired) electrons. The first-order valence-corrected chi connectivity index (χ1v) is 6.76. The van der Waals surface area contributed by atoms with E-state index in [2.05, 4.69) is 21.1 Å². The largest absolute Gasteiger partial charge is 0.550 e. The number of aliphatic carboxylic acids is 1. The van der Waals surface area contributed by atoms with Gasteiger partial charge in [-0.15, -0.1) is 0 Å². The third-order valence-electron chi connectivity index (χ3n) is 2.22. The Balaban J connectivity index is 0. The summed E-state index contributed by atoms with van der Waals surface area (Å²) in [5.41, 5.74) is -1.08. The van der Waals surface area contributed by atoms with Gasteiger partial charge in [0.25, 0.3) is 0 Å². The maximum Gasteiger partial charge on any atom is 0.311 e. The molecule has 20 heavy (non-hydrogen) atoms. The summed E-state index contributed by atoms with van der Waals surface area (Å²) in [6, 6.07) is 0. The van der Waals surface area contributed by atoms with Crippen molar-refractivity contribution in [2.75, 3.05) is 34.3 Å². The van der Waals surface area contributed by atoms with Gasteiger partial charge >= 0.3 is 5.97 Å². The molecule has 5 nitrogen and oxygen atoms in total. The second kappa shape index (κ2) is 7.62. The molecule has 0 spiro atoms. The molecule has 0 aromatic carbocycles. The van der Waals surface area contributed by atoms with Crippen LogP contribution in [0.3, 0.4) is 0 Å². The summed E-state index contributed by atoms with van der Waals surface area (Å²) in [7, 11) is 6.22. The third-order valence-corrected chi connectivity index (χ3v) is 2.22. The summed E-state index contributed by atoms with van der Waals surface area (Å²) < 4.78 is 5.94. The molecule has 0 amide bonds. The van der Waals surface area contributed by atoms with Crippen LogP contribution in [-0.4, -0.2) is 50.7 Å². The smallest absolute Gasteiger partial charge is 0.311 e. The van der Waals surface area contributed by atoms with Crippen molar-refractivity contribution in [1.82, 2.24) is 0 Å². The summed E-state index contributed by atoms with van der Waals surface area (Å²) in [4.78, 5) is 21.2. The Kier molecular flexibility index (Phi) is 8.08. The summed E-state index contributed by atoms with van der Waals surface area (Å²) in [5, 5.41) is 9.91. The van der Waals surface area contributed by atoms with Gasteiger partial charge in [0, 0.05) is 11.4 Å². The molecule has 0 saturated carbocycles. The Morgan fingerprint density at radius 3 is 1.50 bits per heavy atom. The van der Waals surface area contributed by atoms with Gasteiger partial charge < -0.3 is 19.1 Å². The lowest BCUT2D eigenvalue weighted by molar-refractivity contribution is -0.870. The zero-order valence-electron chi connectivity index (χ0n) is 14.5. The Bertz CT molecular complexity index is 316. The van der Waals surface area contributed by atoms with Gasteiger partial charge in [0.1, 0.15) is 13.2 Å². The third kappa shape index (κ3) is 13.3. The molecule has 0 aromatic rings. The number of carboxylic acids is 1. The van der Waals surface area contributed by atoms with E-state index in [1.807, 2.05) is 20.8 Å². The molecule has 0 aliphatic rings. The number of rotatable bonds is 3. The van der Waals surface area contributed by atoms with Crippen molar-refractivity contribution >= 4 is 11.9 Å². The highest BCUT2D eigenvalue weighted by atomic mass is 16.5. The van der Waals surface area contributed by atoms with Crippen LogP contribution in [0.25, 0.3) is 0 Å². The van der Waals surface area contributed by atoms with Crippen LogP contribution >= 0.6 is 0 Å². The predicted molar refractivity (Wildman–Crippen MR) is 77.8 cm³/mol. The Labute approximate surface area is 123 Å². The Morgan fingerprint density at radius 1 is 0.950 bits per heavy atom. The SMILES string of the molecule is CC(C)(C)C(=O)OCC[N+](C)(C)C.CC(C)(C)C(=O)[O-]. The first kappa shape index (κ1) is 21.2. The zero-order chi connectivity index (χ0) is 16.8. The summed E-state index contributed by atoms with van der Waals surface area (Å²) in [5.74, 6) is -1.13. The highest BCUT2D eigenvalue weighted by Crippen LogP contribution is 2.14. The van der Waals surface area contributed by atoms with Crippen LogP contribution in [0.15, 0.2) is 0 Å². The van der Waals surface area contributed by atoms with Crippen molar-refractivity contribution in [2.24, 2.45) is 10.8 Å². The van der Waals surface area contributed by atoms with Crippen molar-refractivity contribution in [1.29, 1.82) is 0 Å². The molecule has 0 N–H and O–H groups in total. The molecule has 0 aromatic heterocycles. The van der Waals surface area contributed by atoms with Crippen molar-refractivity contribution in [3.05, 3.63) is 0 Å². The number of ether oxygens (including phenoxy) is 1. The van der Waals surface area contributed by atoms with Crippen molar-refractivity contribution in [3.63, 3.8) is 0 Å². The lowest BCUT2D eigenvalue weighted by Gasteiger charge is -2.24. The summed E-state index contributed by atoms with van der Waals surface area (Å²) >= 11 is 0. The maximum atomic E-state index is 11.3. The van der Waals surface area contributed by atoms with E-state index >= 15 is 0 Å². The molecular formula is C15H31NO4. The fourth-order valence-corrected chi connectivity index (χ4v) is 0.629. The number of hydrogen-bond acceptors (Lipinski definition) is 4. The number of hydrogen-bond donors (Lipinski definition) is 0. The van der Waals surface area contributed by atoms with Crippen LogP contribution in [0.4, 0.5) is 0 Å². The van der Waals surface area contributed by atoms with Gasteiger partial charge in [-0.05, 0) is 20.8 Å². The van der Waals surface area contributed by atoms with Gasteiger partial charge in [-0.25, -0.2) is 0 Å². The van der Waals surface area contributed by atoms with E-state index in [1.54, 1.807) is 20.8 Å². The molecule has 0 rings (SSSR count). The molecular weight excluding hydrogens is 258 g/mol. The van der Waals surface area contributed by atoms with E-state index in [0.29, 0.717) is 6.61 Å². The van der Waals surface area contributed by atoms with Crippen molar-refractivity contribution < 1.29 is 23.9 Å². The fraction of sp³-hybridized carbons (Fsp3) is 0.867. The van der Waals surface area contributed by atoms with Crippen LogP contribution in [0.2, 0.25) is 0 Å². The Morgan fingerprint density at radius 2 is 1.30 bits per heavy atom. The van der Waals surface area contributed by atoms with Gasteiger partial charge in [-0.3, -0.25) is 4.79 Å². The average molecular weight is 289 g/mol. The van der Waals surface area contributed by atoms with Crippen LogP contribution in [0.1, 0.15) is 41.5 Å². The molecule has 0 atom stereocenters. The van der Waals surface area contributed by atoms with Crippen molar-refractivity contribution in [3.8, 4) is 0 Å².